The van der Waals surface area contributed by atoms with Gasteiger partial charge in [0.05, 0.1) is 6.61 Å². The predicted octanol–water partition coefficient (Wildman–Crippen LogP) is 5.55. The summed E-state index contributed by atoms with van der Waals surface area (Å²) >= 11 is 0. The van der Waals surface area contributed by atoms with E-state index in [0.717, 1.165) is 59.0 Å². The van der Waals surface area contributed by atoms with E-state index in [0.29, 0.717) is 6.61 Å². The molecule has 2 aromatic rings. The minimum Gasteiger partial charge on any atom is -0.377 e. The fourth-order valence-corrected chi connectivity index (χ4v) is 4.63. The highest BCUT2D eigenvalue weighted by Crippen LogP contribution is 2.45. The van der Waals surface area contributed by atoms with Gasteiger partial charge < -0.3 is 4.74 Å². The van der Waals surface area contributed by atoms with E-state index in [2.05, 4.69) is 18.2 Å². The average Bonchev–Trinajstić information content (AvgIpc) is 3.27. The second-order valence-corrected chi connectivity index (χ2v) is 7.57. The highest BCUT2D eigenvalue weighted by molar-refractivity contribution is 5.99. The summed E-state index contributed by atoms with van der Waals surface area (Å²) in [7, 11) is 0. The monoisotopic (exact) mass is 334 g/mol. The lowest BCUT2D eigenvalue weighted by Gasteiger charge is -2.17. The first kappa shape index (κ1) is 16.5. The van der Waals surface area contributed by atoms with Crippen molar-refractivity contribution in [2.45, 2.75) is 38.7 Å². The van der Waals surface area contributed by atoms with Crippen molar-refractivity contribution in [1.82, 2.24) is 0 Å². The average molecular weight is 334 g/mol. The maximum Gasteiger partial charge on any atom is 0.151 e. The molecule has 2 heteroatoms. The molecule has 0 N–H and O–H groups in total. The lowest BCUT2D eigenvalue weighted by Crippen LogP contribution is -2.07. The molecular weight excluding hydrogens is 308 g/mol. The van der Waals surface area contributed by atoms with Crippen LogP contribution >= 0.6 is 0 Å². The van der Waals surface area contributed by atoms with E-state index in [1.54, 1.807) is 0 Å². The van der Waals surface area contributed by atoms with Crippen LogP contribution in [0.4, 0.5) is 0 Å². The number of allylic oxidation sites excluding steroid dienone is 2. The molecule has 0 heterocycles. The summed E-state index contributed by atoms with van der Waals surface area (Å²) in [6, 6.07) is 12.1. The summed E-state index contributed by atoms with van der Waals surface area (Å²) in [4.78, 5) is 11.5. The summed E-state index contributed by atoms with van der Waals surface area (Å²) in [6.45, 7) is 1.30. The van der Waals surface area contributed by atoms with Crippen LogP contribution in [0.3, 0.4) is 0 Å². The van der Waals surface area contributed by atoms with Gasteiger partial charge in [-0.25, -0.2) is 0 Å². The van der Waals surface area contributed by atoms with E-state index < -0.39 is 0 Å². The smallest absolute Gasteiger partial charge is 0.151 e. The molecule has 1 fully saturated rings. The Hall–Kier alpha value is -1.93. The molecule has 4 rings (SSSR count). The SMILES string of the molecule is O=Cc1c(COCCCCC2CC3C=CC2C3)ccc2ccccc12. The van der Waals surface area contributed by atoms with Crippen LogP contribution in [0, 0.1) is 17.8 Å². The molecule has 0 amide bonds. The van der Waals surface area contributed by atoms with Crippen LogP contribution in [0.1, 0.15) is 48.0 Å². The van der Waals surface area contributed by atoms with Gasteiger partial charge in [0, 0.05) is 12.2 Å². The number of carbonyl (C=O) groups is 1. The van der Waals surface area contributed by atoms with Crippen molar-refractivity contribution in [2.24, 2.45) is 17.8 Å². The van der Waals surface area contributed by atoms with Crippen molar-refractivity contribution in [2.75, 3.05) is 6.61 Å². The molecule has 0 aliphatic heterocycles. The molecule has 25 heavy (non-hydrogen) atoms. The molecule has 3 atom stereocenters. The minimum absolute atomic E-state index is 0.524. The lowest BCUT2D eigenvalue weighted by molar-refractivity contribution is 0.108. The van der Waals surface area contributed by atoms with Crippen molar-refractivity contribution in [3.8, 4) is 0 Å². The van der Waals surface area contributed by atoms with Gasteiger partial charge in [-0.05, 0) is 59.8 Å². The highest BCUT2D eigenvalue weighted by atomic mass is 16.5. The third kappa shape index (κ3) is 3.55. The molecule has 130 valence electrons. The standard InChI is InChI=1S/C23H26O2/c24-15-23-21(11-10-18-5-1-2-7-22(18)23)16-25-12-4-3-6-19-13-17-8-9-20(19)14-17/h1-2,5,7-11,15,17,19-20H,3-4,6,12-14,16H2. The zero-order valence-electron chi connectivity index (χ0n) is 14.7. The molecule has 0 spiro atoms. The summed E-state index contributed by atoms with van der Waals surface area (Å²) in [5.41, 5.74) is 1.76. The number of fused-ring (bicyclic) bond motifs is 3. The third-order valence-corrected chi connectivity index (χ3v) is 5.97. The molecule has 0 aromatic heterocycles. The number of carbonyl (C=O) groups excluding carboxylic acids is 1. The molecular formula is C23H26O2. The van der Waals surface area contributed by atoms with Crippen molar-refractivity contribution >= 4 is 17.1 Å². The van der Waals surface area contributed by atoms with Gasteiger partial charge in [0.25, 0.3) is 0 Å². The largest absolute Gasteiger partial charge is 0.377 e. The Morgan fingerprint density at radius 3 is 2.76 bits per heavy atom. The van der Waals surface area contributed by atoms with Gasteiger partial charge in [-0.1, -0.05) is 55.0 Å². The van der Waals surface area contributed by atoms with Crippen LogP contribution in [0.2, 0.25) is 0 Å². The number of benzene rings is 2. The maximum absolute atomic E-state index is 11.5. The molecule has 2 aromatic carbocycles. The van der Waals surface area contributed by atoms with Crippen LogP contribution < -0.4 is 0 Å². The van der Waals surface area contributed by atoms with E-state index in [4.69, 9.17) is 4.74 Å². The quantitative estimate of drug-likeness (QED) is 0.359. The number of hydrogen-bond acceptors (Lipinski definition) is 2. The van der Waals surface area contributed by atoms with Gasteiger partial charge in [-0.3, -0.25) is 4.79 Å². The van der Waals surface area contributed by atoms with Crippen LogP contribution in [-0.2, 0) is 11.3 Å². The van der Waals surface area contributed by atoms with Gasteiger partial charge in [0.15, 0.2) is 6.29 Å². The minimum atomic E-state index is 0.524. The topological polar surface area (TPSA) is 26.3 Å². The van der Waals surface area contributed by atoms with Gasteiger partial charge in [-0.15, -0.1) is 0 Å². The normalized spacial score (nSPS) is 24.2. The Balaban J connectivity index is 1.24. The van der Waals surface area contributed by atoms with Gasteiger partial charge in [0.1, 0.15) is 0 Å². The second kappa shape index (κ2) is 7.53. The van der Waals surface area contributed by atoms with Crippen LogP contribution in [0.25, 0.3) is 10.8 Å². The highest BCUT2D eigenvalue weighted by Gasteiger charge is 2.34. The van der Waals surface area contributed by atoms with Crippen molar-refractivity contribution in [3.63, 3.8) is 0 Å². The first-order valence-corrected chi connectivity index (χ1v) is 9.57. The Labute approximate surface area is 149 Å². The fourth-order valence-electron chi connectivity index (χ4n) is 4.63. The summed E-state index contributed by atoms with van der Waals surface area (Å²) in [6.07, 6.45) is 12.3. The van der Waals surface area contributed by atoms with E-state index in [1.165, 1.54) is 25.7 Å². The van der Waals surface area contributed by atoms with Crippen molar-refractivity contribution in [1.29, 1.82) is 0 Å². The molecule has 2 nitrogen and oxygen atoms in total. The zero-order valence-corrected chi connectivity index (χ0v) is 14.7. The van der Waals surface area contributed by atoms with Crippen molar-refractivity contribution in [3.05, 3.63) is 59.7 Å². The van der Waals surface area contributed by atoms with Gasteiger partial charge >= 0.3 is 0 Å². The third-order valence-electron chi connectivity index (χ3n) is 5.97. The summed E-state index contributed by atoms with van der Waals surface area (Å²) in [5, 5.41) is 2.12. The van der Waals surface area contributed by atoms with E-state index >= 15 is 0 Å². The fraction of sp³-hybridized carbons (Fsp3) is 0.435. The summed E-state index contributed by atoms with van der Waals surface area (Å²) < 4.78 is 5.86. The number of unbranched alkanes of at least 4 members (excludes halogenated alkanes) is 1. The number of aldehydes is 1. The molecule has 0 saturated heterocycles. The van der Waals surface area contributed by atoms with E-state index in [9.17, 15) is 4.79 Å². The predicted molar refractivity (Wildman–Crippen MR) is 102 cm³/mol. The molecule has 1 saturated carbocycles. The Kier molecular flexibility index (Phi) is 4.98. The number of rotatable bonds is 8. The van der Waals surface area contributed by atoms with E-state index in [-0.39, 0.29) is 0 Å². The first-order valence-electron chi connectivity index (χ1n) is 9.57. The Bertz CT molecular complexity index is 777. The van der Waals surface area contributed by atoms with Crippen LogP contribution in [0.5, 0.6) is 0 Å². The Morgan fingerprint density at radius 2 is 1.96 bits per heavy atom. The number of ether oxygens (including phenoxy) is 1. The Morgan fingerprint density at radius 1 is 1.04 bits per heavy atom. The summed E-state index contributed by atoms with van der Waals surface area (Å²) in [5.74, 6) is 2.65. The first-order chi connectivity index (χ1) is 12.3. The molecule has 2 aliphatic carbocycles. The van der Waals surface area contributed by atoms with Gasteiger partial charge in [-0.2, -0.15) is 0 Å². The van der Waals surface area contributed by atoms with E-state index in [1.807, 2.05) is 30.3 Å². The zero-order chi connectivity index (χ0) is 17.1. The van der Waals surface area contributed by atoms with Crippen LogP contribution in [-0.4, -0.2) is 12.9 Å². The number of hydrogen-bond donors (Lipinski definition) is 0. The maximum atomic E-state index is 11.5. The molecule has 3 unspecified atom stereocenters. The lowest BCUT2D eigenvalue weighted by atomic mass is 9.89. The second-order valence-electron chi connectivity index (χ2n) is 7.57. The van der Waals surface area contributed by atoms with Gasteiger partial charge in [0.2, 0.25) is 0 Å². The molecule has 2 aliphatic rings. The van der Waals surface area contributed by atoms with Crippen LogP contribution in [0.15, 0.2) is 48.6 Å². The molecule has 0 radical (unpaired) electrons. The molecule has 2 bridgehead atoms. The van der Waals surface area contributed by atoms with Crippen molar-refractivity contribution < 1.29 is 9.53 Å².